The summed E-state index contributed by atoms with van der Waals surface area (Å²) in [7, 11) is 0. The van der Waals surface area contributed by atoms with E-state index in [1.807, 2.05) is 97.1 Å². The molecule has 4 aromatic carbocycles. The SMILES string of the molecule is O=C(Nc1ccc(C(=O)N2CCc3nc(-c4ccccn4)[nH]c3-c3ccccc32)cc1)c1ccccc1-c1ccccc1. The van der Waals surface area contributed by atoms with Crippen molar-refractivity contribution in [3.8, 4) is 33.9 Å². The van der Waals surface area contributed by atoms with E-state index in [0.29, 0.717) is 35.6 Å². The van der Waals surface area contributed by atoms with E-state index in [9.17, 15) is 9.59 Å². The molecule has 1 aliphatic heterocycles. The van der Waals surface area contributed by atoms with Crippen molar-refractivity contribution < 1.29 is 9.59 Å². The van der Waals surface area contributed by atoms with Crippen LogP contribution in [0.4, 0.5) is 11.4 Å². The van der Waals surface area contributed by atoms with Gasteiger partial charge in [-0.05, 0) is 59.7 Å². The summed E-state index contributed by atoms with van der Waals surface area (Å²) in [4.78, 5) is 41.6. The Hall–Kier alpha value is -5.82. The zero-order valence-corrected chi connectivity index (χ0v) is 23.2. The van der Waals surface area contributed by atoms with E-state index in [2.05, 4.69) is 15.3 Å². The highest BCUT2D eigenvalue weighted by Crippen LogP contribution is 2.37. The second kappa shape index (κ2) is 11.2. The third-order valence-electron chi connectivity index (χ3n) is 7.61. The lowest BCUT2D eigenvalue weighted by atomic mass is 9.99. The van der Waals surface area contributed by atoms with E-state index in [4.69, 9.17) is 4.98 Å². The number of aromatic nitrogens is 3. The first-order valence-corrected chi connectivity index (χ1v) is 14.1. The predicted octanol–water partition coefficient (Wildman–Crippen LogP) is 7.26. The average Bonchev–Trinajstić information content (AvgIpc) is 3.44. The highest BCUT2D eigenvalue weighted by Gasteiger charge is 2.27. The summed E-state index contributed by atoms with van der Waals surface area (Å²) < 4.78 is 0. The number of pyridine rings is 1. The first-order valence-electron chi connectivity index (χ1n) is 14.1. The van der Waals surface area contributed by atoms with Gasteiger partial charge in [0, 0.05) is 41.5 Å². The number of carbonyl (C=O) groups is 2. The van der Waals surface area contributed by atoms with E-state index in [1.165, 1.54) is 0 Å². The lowest BCUT2D eigenvalue weighted by molar-refractivity contribution is 0.0986. The summed E-state index contributed by atoms with van der Waals surface area (Å²) in [5.41, 5.74) is 7.87. The van der Waals surface area contributed by atoms with Crippen LogP contribution in [0, 0.1) is 0 Å². The van der Waals surface area contributed by atoms with Gasteiger partial charge >= 0.3 is 0 Å². The van der Waals surface area contributed by atoms with Crippen molar-refractivity contribution in [3.05, 3.63) is 144 Å². The molecule has 2 amide bonds. The molecular formula is C36H27N5O2. The first-order chi connectivity index (χ1) is 21.2. The third-order valence-corrected chi connectivity index (χ3v) is 7.61. The van der Waals surface area contributed by atoms with Gasteiger partial charge < -0.3 is 15.2 Å². The molecule has 0 unspecified atom stereocenters. The Morgan fingerprint density at radius 2 is 1.47 bits per heavy atom. The molecule has 7 heteroatoms. The van der Waals surface area contributed by atoms with Gasteiger partial charge in [0.2, 0.25) is 0 Å². The molecule has 0 atom stereocenters. The lowest BCUT2D eigenvalue weighted by Crippen LogP contribution is -2.32. The third kappa shape index (κ3) is 5.08. The van der Waals surface area contributed by atoms with E-state index >= 15 is 0 Å². The van der Waals surface area contributed by atoms with Crippen LogP contribution in [-0.2, 0) is 6.42 Å². The number of carbonyl (C=O) groups excluding carboxylic acids is 2. The quantitative estimate of drug-likeness (QED) is 0.232. The van der Waals surface area contributed by atoms with Gasteiger partial charge in [-0.15, -0.1) is 0 Å². The Morgan fingerprint density at radius 3 is 2.26 bits per heavy atom. The van der Waals surface area contributed by atoms with Gasteiger partial charge in [0.1, 0.15) is 5.69 Å². The number of H-pyrrole nitrogens is 1. The molecule has 43 heavy (non-hydrogen) atoms. The molecule has 7 nitrogen and oxygen atoms in total. The number of nitrogens with zero attached hydrogens (tertiary/aromatic N) is 3. The largest absolute Gasteiger partial charge is 0.336 e. The highest BCUT2D eigenvalue weighted by molar-refractivity contribution is 6.10. The van der Waals surface area contributed by atoms with Crippen molar-refractivity contribution in [2.24, 2.45) is 0 Å². The number of aromatic amines is 1. The van der Waals surface area contributed by atoms with Gasteiger partial charge in [-0.1, -0.05) is 72.8 Å². The minimum absolute atomic E-state index is 0.116. The molecular weight excluding hydrogens is 534 g/mol. The van der Waals surface area contributed by atoms with Crippen LogP contribution in [-0.4, -0.2) is 33.3 Å². The summed E-state index contributed by atoms with van der Waals surface area (Å²) in [6.07, 6.45) is 2.34. The van der Waals surface area contributed by atoms with Gasteiger partial charge in [-0.2, -0.15) is 0 Å². The van der Waals surface area contributed by atoms with Gasteiger partial charge in [0.15, 0.2) is 5.82 Å². The summed E-state index contributed by atoms with van der Waals surface area (Å²) in [5.74, 6) is 0.387. The van der Waals surface area contributed by atoms with E-state index < -0.39 is 0 Å². The maximum Gasteiger partial charge on any atom is 0.258 e. The van der Waals surface area contributed by atoms with Crippen LogP contribution in [0.1, 0.15) is 26.4 Å². The monoisotopic (exact) mass is 561 g/mol. The number of amides is 2. The number of hydrogen-bond acceptors (Lipinski definition) is 4. The number of anilines is 2. The Morgan fingerprint density at radius 1 is 0.744 bits per heavy atom. The fraction of sp³-hybridized carbons (Fsp3) is 0.0556. The summed E-state index contributed by atoms with van der Waals surface area (Å²) >= 11 is 0. The Labute approximate surface area is 248 Å². The van der Waals surface area contributed by atoms with Crippen LogP contribution in [0.5, 0.6) is 0 Å². The van der Waals surface area contributed by atoms with Crippen LogP contribution in [0.2, 0.25) is 0 Å². The van der Waals surface area contributed by atoms with Crippen LogP contribution in [0.3, 0.4) is 0 Å². The summed E-state index contributed by atoms with van der Waals surface area (Å²) in [5, 5.41) is 2.99. The molecule has 0 fully saturated rings. The number of nitrogens with one attached hydrogen (secondary N) is 2. The number of fused-ring (bicyclic) bond motifs is 3. The zero-order valence-electron chi connectivity index (χ0n) is 23.2. The molecule has 6 aromatic rings. The van der Waals surface area contributed by atoms with Crippen molar-refractivity contribution in [1.29, 1.82) is 0 Å². The fourth-order valence-electron chi connectivity index (χ4n) is 5.51. The molecule has 3 heterocycles. The topological polar surface area (TPSA) is 91.0 Å². The van der Waals surface area contributed by atoms with Crippen molar-refractivity contribution in [1.82, 2.24) is 15.0 Å². The minimum atomic E-state index is -0.210. The molecule has 7 rings (SSSR count). The zero-order chi connectivity index (χ0) is 29.2. The molecule has 208 valence electrons. The molecule has 0 radical (unpaired) electrons. The van der Waals surface area contributed by atoms with Crippen molar-refractivity contribution in [3.63, 3.8) is 0 Å². The molecule has 1 aliphatic rings. The van der Waals surface area contributed by atoms with Crippen molar-refractivity contribution in [2.75, 3.05) is 16.8 Å². The number of imidazole rings is 1. The van der Waals surface area contributed by atoms with Crippen LogP contribution in [0.15, 0.2) is 128 Å². The standard InChI is InChI=1S/C36H27N5O2/c42-35(28-13-5-4-12-27(28)24-10-2-1-3-11-24)38-26-19-17-25(18-20-26)36(43)41-23-21-30-33(29-14-6-7-16-32(29)41)40-34(39-30)31-15-8-9-22-37-31/h1-20,22H,21,23H2,(H,38,42)(H,39,40). The van der Waals surface area contributed by atoms with Gasteiger partial charge in [0.25, 0.3) is 11.8 Å². The number of para-hydroxylation sites is 1. The number of hydrogen-bond donors (Lipinski definition) is 2. The molecule has 0 saturated heterocycles. The van der Waals surface area contributed by atoms with Crippen molar-refractivity contribution in [2.45, 2.75) is 6.42 Å². The van der Waals surface area contributed by atoms with Gasteiger partial charge in [-0.3, -0.25) is 14.6 Å². The van der Waals surface area contributed by atoms with Gasteiger partial charge in [-0.25, -0.2) is 4.98 Å². The van der Waals surface area contributed by atoms with Crippen LogP contribution in [0.25, 0.3) is 33.9 Å². The fourth-order valence-corrected chi connectivity index (χ4v) is 5.51. The molecule has 2 aromatic heterocycles. The molecule has 2 N–H and O–H groups in total. The molecule has 0 bridgehead atoms. The van der Waals surface area contributed by atoms with Crippen LogP contribution >= 0.6 is 0 Å². The second-order valence-electron chi connectivity index (χ2n) is 10.3. The minimum Gasteiger partial charge on any atom is -0.336 e. The average molecular weight is 562 g/mol. The molecule has 0 aliphatic carbocycles. The molecule has 0 spiro atoms. The highest BCUT2D eigenvalue weighted by atomic mass is 16.2. The van der Waals surface area contributed by atoms with E-state index in [1.54, 1.807) is 35.4 Å². The number of benzene rings is 4. The van der Waals surface area contributed by atoms with E-state index in [0.717, 1.165) is 39.5 Å². The second-order valence-corrected chi connectivity index (χ2v) is 10.3. The maximum absolute atomic E-state index is 13.8. The van der Waals surface area contributed by atoms with Gasteiger partial charge in [0.05, 0.1) is 17.1 Å². The van der Waals surface area contributed by atoms with Crippen LogP contribution < -0.4 is 10.2 Å². The normalized spacial score (nSPS) is 12.1. The smallest absolute Gasteiger partial charge is 0.258 e. The Kier molecular flexibility index (Phi) is 6.81. The Balaban J connectivity index is 1.12. The molecule has 0 saturated carbocycles. The Bertz CT molecular complexity index is 1930. The summed E-state index contributed by atoms with van der Waals surface area (Å²) in [6, 6.07) is 38.0. The maximum atomic E-state index is 13.8. The number of rotatable bonds is 5. The summed E-state index contributed by atoms with van der Waals surface area (Å²) in [6.45, 7) is 0.476. The lowest BCUT2D eigenvalue weighted by Gasteiger charge is -2.23. The van der Waals surface area contributed by atoms with E-state index in [-0.39, 0.29) is 11.8 Å². The van der Waals surface area contributed by atoms with Crippen molar-refractivity contribution >= 4 is 23.2 Å². The predicted molar refractivity (Wildman–Crippen MR) is 169 cm³/mol. The first kappa shape index (κ1) is 26.1.